The van der Waals surface area contributed by atoms with Crippen LogP contribution < -0.4 is 15.0 Å². The van der Waals surface area contributed by atoms with E-state index >= 15 is 0 Å². The fraction of sp³-hybridized carbons (Fsp3) is 0.538. The maximum absolute atomic E-state index is 11.2. The van der Waals surface area contributed by atoms with Gasteiger partial charge in [0.15, 0.2) is 0 Å². The Hall–Kier alpha value is -1.82. The molecule has 1 N–H and O–H groups in total. The molecule has 1 aromatic rings. The number of hydrogen-bond donors (Lipinski definition) is 1. The van der Waals surface area contributed by atoms with Crippen molar-refractivity contribution in [2.45, 2.75) is 19.4 Å². The average molecular weight is 265 g/mol. The van der Waals surface area contributed by atoms with Crippen molar-refractivity contribution in [2.75, 3.05) is 31.6 Å². The van der Waals surface area contributed by atoms with Gasteiger partial charge >= 0.3 is 0 Å². The lowest BCUT2D eigenvalue weighted by atomic mass is 10.1. The van der Waals surface area contributed by atoms with Crippen LogP contribution in [0.15, 0.2) is 18.2 Å². The summed E-state index contributed by atoms with van der Waals surface area (Å²) in [5.41, 5.74) is 0.773. The predicted molar refractivity (Wildman–Crippen MR) is 73.9 cm³/mol. The van der Waals surface area contributed by atoms with Crippen molar-refractivity contribution in [2.24, 2.45) is 0 Å². The first-order valence-electron chi connectivity index (χ1n) is 6.47. The molecule has 0 bridgehead atoms. The van der Waals surface area contributed by atoms with Gasteiger partial charge in [-0.1, -0.05) is 0 Å². The Morgan fingerprint density at radius 1 is 1.58 bits per heavy atom. The van der Waals surface area contributed by atoms with Gasteiger partial charge in [0.25, 0.3) is 5.69 Å². The molecular formula is C13H19N3O3. The standard InChI is InChI=1S/C13H19N3O3/c1-3-15(10-6-7-14-9-10)13-8-11(19-2)4-5-12(13)16(17)18/h4-5,8,10,14H,3,6-7,9H2,1-2H3. The average Bonchev–Trinajstić information content (AvgIpc) is 2.93. The van der Waals surface area contributed by atoms with E-state index in [4.69, 9.17) is 4.74 Å². The summed E-state index contributed by atoms with van der Waals surface area (Å²) in [6.07, 6.45) is 1.00. The lowest BCUT2D eigenvalue weighted by molar-refractivity contribution is -0.384. The van der Waals surface area contributed by atoms with Crippen molar-refractivity contribution < 1.29 is 9.66 Å². The molecule has 104 valence electrons. The van der Waals surface area contributed by atoms with Gasteiger partial charge in [0.05, 0.1) is 12.0 Å². The highest BCUT2D eigenvalue weighted by Crippen LogP contribution is 2.34. The second-order valence-electron chi connectivity index (χ2n) is 4.54. The number of nitrogens with one attached hydrogen (secondary N) is 1. The highest BCUT2D eigenvalue weighted by Gasteiger charge is 2.27. The fourth-order valence-corrected chi connectivity index (χ4v) is 2.55. The van der Waals surface area contributed by atoms with Crippen molar-refractivity contribution in [3.8, 4) is 5.75 Å². The molecule has 19 heavy (non-hydrogen) atoms. The zero-order valence-corrected chi connectivity index (χ0v) is 11.3. The molecule has 2 rings (SSSR count). The third-order valence-corrected chi connectivity index (χ3v) is 3.50. The van der Waals surface area contributed by atoms with Crippen molar-refractivity contribution in [1.29, 1.82) is 0 Å². The summed E-state index contributed by atoms with van der Waals surface area (Å²) in [7, 11) is 1.57. The molecule has 1 atom stereocenters. The van der Waals surface area contributed by atoms with E-state index in [-0.39, 0.29) is 10.6 Å². The van der Waals surface area contributed by atoms with Gasteiger partial charge in [-0.3, -0.25) is 10.1 Å². The van der Waals surface area contributed by atoms with Crippen LogP contribution >= 0.6 is 0 Å². The third-order valence-electron chi connectivity index (χ3n) is 3.50. The highest BCUT2D eigenvalue weighted by atomic mass is 16.6. The number of nitro benzene ring substituents is 1. The van der Waals surface area contributed by atoms with Gasteiger partial charge < -0.3 is 15.0 Å². The Morgan fingerprint density at radius 3 is 2.89 bits per heavy atom. The molecule has 0 spiro atoms. The largest absolute Gasteiger partial charge is 0.497 e. The van der Waals surface area contributed by atoms with E-state index in [2.05, 4.69) is 10.2 Å². The van der Waals surface area contributed by atoms with Crippen LogP contribution in [-0.2, 0) is 0 Å². The summed E-state index contributed by atoms with van der Waals surface area (Å²) in [6.45, 7) is 4.57. The summed E-state index contributed by atoms with van der Waals surface area (Å²) in [4.78, 5) is 12.9. The number of likely N-dealkylation sites (N-methyl/N-ethyl adjacent to an activating group) is 1. The van der Waals surface area contributed by atoms with Crippen molar-refractivity contribution in [3.63, 3.8) is 0 Å². The summed E-state index contributed by atoms with van der Waals surface area (Å²) in [5.74, 6) is 0.644. The summed E-state index contributed by atoms with van der Waals surface area (Å²) >= 11 is 0. The molecule has 1 aromatic carbocycles. The molecule has 0 aliphatic carbocycles. The molecule has 0 radical (unpaired) electrons. The number of nitrogens with zero attached hydrogens (tertiary/aromatic N) is 2. The van der Waals surface area contributed by atoms with E-state index in [1.54, 1.807) is 19.2 Å². The minimum Gasteiger partial charge on any atom is -0.497 e. The van der Waals surface area contributed by atoms with Gasteiger partial charge in [-0.2, -0.15) is 0 Å². The van der Waals surface area contributed by atoms with Crippen LogP contribution in [0.25, 0.3) is 0 Å². The van der Waals surface area contributed by atoms with Gasteiger partial charge in [0.1, 0.15) is 11.4 Å². The number of rotatable bonds is 5. The molecule has 6 nitrogen and oxygen atoms in total. The molecule has 0 aromatic heterocycles. The normalized spacial score (nSPS) is 18.3. The van der Waals surface area contributed by atoms with Crippen molar-refractivity contribution >= 4 is 11.4 Å². The van der Waals surface area contributed by atoms with Crippen LogP contribution in [-0.4, -0.2) is 37.7 Å². The molecule has 1 fully saturated rings. The minimum absolute atomic E-state index is 0.134. The molecule has 1 unspecified atom stereocenters. The molecule has 0 amide bonds. The van der Waals surface area contributed by atoms with E-state index in [1.807, 2.05) is 6.92 Å². The first-order chi connectivity index (χ1) is 9.17. The maximum atomic E-state index is 11.2. The Bertz CT molecular complexity index is 458. The van der Waals surface area contributed by atoms with Crippen LogP contribution in [0, 0.1) is 10.1 Å². The second-order valence-corrected chi connectivity index (χ2v) is 4.54. The number of ether oxygens (including phenoxy) is 1. The minimum atomic E-state index is -0.334. The monoisotopic (exact) mass is 265 g/mol. The number of nitro groups is 1. The van der Waals surface area contributed by atoms with Crippen molar-refractivity contribution in [1.82, 2.24) is 5.32 Å². The topological polar surface area (TPSA) is 67.6 Å². The van der Waals surface area contributed by atoms with Crippen LogP contribution in [0.2, 0.25) is 0 Å². The zero-order valence-electron chi connectivity index (χ0n) is 11.3. The molecule has 1 heterocycles. The van der Waals surface area contributed by atoms with E-state index in [1.165, 1.54) is 6.07 Å². The molecule has 6 heteroatoms. The number of anilines is 1. The third kappa shape index (κ3) is 2.78. The quantitative estimate of drug-likeness (QED) is 0.649. The van der Waals surface area contributed by atoms with E-state index < -0.39 is 0 Å². The molecule has 1 aliphatic heterocycles. The molecule has 1 aliphatic rings. The Morgan fingerprint density at radius 2 is 2.37 bits per heavy atom. The van der Waals surface area contributed by atoms with Crippen LogP contribution in [0.5, 0.6) is 5.75 Å². The summed E-state index contributed by atoms with van der Waals surface area (Å²) < 4.78 is 5.18. The van der Waals surface area contributed by atoms with E-state index in [0.29, 0.717) is 17.5 Å². The number of methoxy groups -OCH3 is 1. The lowest BCUT2D eigenvalue weighted by Gasteiger charge is -2.29. The second kappa shape index (κ2) is 5.88. The zero-order chi connectivity index (χ0) is 13.8. The summed E-state index contributed by atoms with van der Waals surface area (Å²) in [6, 6.07) is 5.19. The van der Waals surface area contributed by atoms with Gasteiger partial charge in [0.2, 0.25) is 0 Å². The van der Waals surface area contributed by atoms with Gasteiger partial charge in [-0.25, -0.2) is 0 Å². The van der Waals surface area contributed by atoms with E-state index in [9.17, 15) is 10.1 Å². The van der Waals surface area contributed by atoms with Gasteiger partial charge in [0, 0.05) is 31.3 Å². The SMILES string of the molecule is CCN(c1cc(OC)ccc1[N+](=O)[O-])C1CCNC1. The predicted octanol–water partition coefficient (Wildman–Crippen LogP) is 1.79. The van der Waals surface area contributed by atoms with Crippen molar-refractivity contribution in [3.05, 3.63) is 28.3 Å². The van der Waals surface area contributed by atoms with Crippen LogP contribution in [0.1, 0.15) is 13.3 Å². The lowest BCUT2D eigenvalue weighted by Crippen LogP contribution is -2.37. The maximum Gasteiger partial charge on any atom is 0.292 e. The first kappa shape index (κ1) is 13.6. The highest BCUT2D eigenvalue weighted by molar-refractivity contribution is 5.66. The van der Waals surface area contributed by atoms with Crippen LogP contribution in [0.3, 0.4) is 0 Å². The van der Waals surface area contributed by atoms with E-state index in [0.717, 1.165) is 26.1 Å². The number of benzene rings is 1. The van der Waals surface area contributed by atoms with Crippen LogP contribution in [0.4, 0.5) is 11.4 Å². The fourth-order valence-electron chi connectivity index (χ4n) is 2.55. The Labute approximate surface area is 112 Å². The van der Waals surface area contributed by atoms with Gasteiger partial charge in [-0.15, -0.1) is 0 Å². The van der Waals surface area contributed by atoms with Gasteiger partial charge in [-0.05, 0) is 26.0 Å². The first-order valence-corrected chi connectivity index (χ1v) is 6.47. The molecule has 0 saturated carbocycles. The smallest absolute Gasteiger partial charge is 0.292 e. The molecule has 1 saturated heterocycles. The summed E-state index contributed by atoms with van der Waals surface area (Å²) in [5, 5.41) is 14.5. The molecular weight excluding hydrogens is 246 g/mol. The Kier molecular flexibility index (Phi) is 4.21. The number of hydrogen-bond acceptors (Lipinski definition) is 5. The Balaban J connectivity index is 2.40.